The summed E-state index contributed by atoms with van der Waals surface area (Å²) in [5.41, 5.74) is 5.41. The molecule has 2 unspecified atom stereocenters. The molecule has 0 aromatic heterocycles. The van der Waals surface area contributed by atoms with Gasteiger partial charge in [-0.2, -0.15) is 0 Å². The number of hydrogen-bond donors (Lipinski definition) is 2. The normalized spacial score (nSPS) is 22.9. The molecule has 1 aromatic carbocycles. The van der Waals surface area contributed by atoms with Gasteiger partial charge in [-0.15, -0.1) is 0 Å². The van der Waals surface area contributed by atoms with Gasteiger partial charge in [-0.05, 0) is 34.6 Å². The van der Waals surface area contributed by atoms with Crippen molar-refractivity contribution in [3.8, 4) is 0 Å². The minimum Gasteiger partial charge on any atom is -0.465 e. The summed E-state index contributed by atoms with van der Waals surface area (Å²) in [6, 6.07) is 4.27. The maximum Gasteiger partial charge on any atom is 0.404 e. The Morgan fingerprint density at radius 1 is 1.32 bits per heavy atom. The van der Waals surface area contributed by atoms with Crippen LogP contribution in [0.1, 0.15) is 60.3 Å². The standard InChI is InChI=1S/C16H19NO2/c1-9(2)13-6-5-12(8-17-16(18)19)14-10-3-4-11(7-10)15(13)14/h3-6,9-11,17H,7-8H2,1-2H3,(H,18,19). The molecule has 0 saturated heterocycles. The van der Waals surface area contributed by atoms with Crippen LogP contribution in [0.25, 0.3) is 0 Å². The largest absolute Gasteiger partial charge is 0.465 e. The molecule has 0 heterocycles. The van der Waals surface area contributed by atoms with E-state index >= 15 is 0 Å². The quantitative estimate of drug-likeness (QED) is 0.811. The third-order valence-electron chi connectivity index (χ3n) is 4.29. The molecular formula is C16H19NO2. The van der Waals surface area contributed by atoms with E-state index < -0.39 is 6.09 Å². The number of carboxylic acid groups (broad SMARTS) is 1. The van der Waals surface area contributed by atoms with Crippen LogP contribution in [0.3, 0.4) is 0 Å². The Morgan fingerprint density at radius 2 is 2.00 bits per heavy atom. The molecule has 0 fully saturated rings. The van der Waals surface area contributed by atoms with Crippen molar-refractivity contribution in [3.05, 3.63) is 46.5 Å². The second kappa shape index (κ2) is 4.41. The van der Waals surface area contributed by atoms with Gasteiger partial charge in [-0.25, -0.2) is 4.79 Å². The number of benzene rings is 1. The number of rotatable bonds is 3. The van der Waals surface area contributed by atoms with Gasteiger partial charge in [0.25, 0.3) is 0 Å². The maximum atomic E-state index is 10.7. The molecule has 3 rings (SSSR count). The highest BCUT2D eigenvalue weighted by molar-refractivity contribution is 5.65. The molecule has 100 valence electrons. The Balaban J connectivity index is 2.04. The summed E-state index contributed by atoms with van der Waals surface area (Å²) < 4.78 is 0. The van der Waals surface area contributed by atoms with Crippen LogP contribution in [0.15, 0.2) is 24.3 Å². The Bertz CT molecular complexity index is 560. The Morgan fingerprint density at radius 3 is 2.63 bits per heavy atom. The molecule has 3 heteroatoms. The van der Waals surface area contributed by atoms with Crippen LogP contribution in [0.5, 0.6) is 0 Å². The van der Waals surface area contributed by atoms with Crippen molar-refractivity contribution in [2.24, 2.45) is 0 Å². The van der Waals surface area contributed by atoms with Crippen molar-refractivity contribution in [1.29, 1.82) is 0 Å². The van der Waals surface area contributed by atoms with Gasteiger partial charge >= 0.3 is 6.09 Å². The van der Waals surface area contributed by atoms with Crippen LogP contribution in [0, 0.1) is 0 Å². The highest BCUT2D eigenvalue weighted by atomic mass is 16.4. The zero-order valence-corrected chi connectivity index (χ0v) is 11.3. The van der Waals surface area contributed by atoms with Crippen LogP contribution in [-0.2, 0) is 6.54 Å². The number of hydrogen-bond acceptors (Lipinski definition) is 1. The van der Waals surface area contributed by atoms with Crippen molar-refractivity contribution < 1.29 is 9.90 Å². The highest BCUT2D eigenvalue weighted by Crippen LogP contribution is 2.52. The molecule has 1 amide bonds. The molecule has 1 aromatic rings. The van der Waals surface area contributed by atoms with E-state index in [1.165, 1.54) is 23.1 Å². The summed E-state index contributed by atoms with van der Waals surface area (Å²) in [5.74, 6) is 1.55. The van der Waals surface area contributed by atoms with Crippen molar-refractivity contribution in [1.82, 2.24) is 5.32 Å². The van der Waals surface area contributed by atoms with Gasteiger partial charge < -0.3 is 10.4 Å². The van der Waals surface area contributed by atoms with E-state index in [4.69, 9.17) is 5.11 Å². The number of nitrogens with one attached hydrogen (secondary N) is 1. The van der Waals surface area contributed by atoms with Gasteiger partial charge in [0.2, 0.25) is 0 Å². The van der Waals surface area contributed by atoms with E-state index in [0.717, 1.165) is 5.56 Å². The first-order valence-corrected chi connectivity index (χ1v) is 6.88. The average molecular weight is 257 g/mol. The van der Waals surface area contributed by atoms with Gasteiger partial charge in [-0.3, -0.25) is 0 Å². The molecule has 0 spiro atoms. The van der Waals surface area contributed by atoms with Crippen molar-refractivity contribution in [2.75, 3.05) is 0 Å². The van der Waals surface area contributed by atoms with Crippen LogP contribution < -0.4 is 5.32 Å². The molecule has 0 aliphatic heterocycles. The van der Waals surface area contributed by atoms with Gasteiger partial charge in [0.1, 0.15) is 0 Å². The van der Waals surface area contributed by atoms with Crippen LogP contribution >= 0.6 is 0 Å². The minimum atomic E-state index is -0.958. The molecule has 2 atom stereocenters. The SMILES string of the molecule is CC(C)c1ccc(CNC(=O)O)c2c1C1C=CC2C1. The third kappa shape index (κ3) is 1.93. The smallest absolute Gasteiger partial charge is 0.404 e. The minimum absolute atomic E-state index is 0.410. The topological polar surface area (TPSA) is 49.3 Å². The van der Waals surface area contributed by atoms with Gasteiger partial charge in [0.05, 0.1) is 0 Å². The number of carbonyl (C=O) groups is 1. The summed E-state index contributed by atoms with van der Waals surface area (Å²) in [6.07, 6.45) is 4.80. The van der Waals surface area contributed by atoms with Crippen molar-refractivity contribution in [3.63, 3.8) is 0 Å². The Labute approximate surface area is 113 Å². The summed E-state index contributed by atoms with van der Waals surface area (Å²) in [4.78, 5) is 10.7. The van der Waals surface area contributed by atoms with Crippen LogP contribution in [0.4, 0.5) is 4.79 Å². The second-order valence-electron chi connectivity index (χ2n) is 5.79. The first kappa shape index (κ1) is 12.3. The molecule has 2 N–H and O–H groups in total. The first-order valence-electron chi connectivity index (χ1n) is 6.88. The Kier molecular flexibility index (Phi) is 2.85. The van der Waals surface area contributed by atoms with E-state index in [-0.39, 0.29) is 0 Å². The van der Waals surface area contributed by atoms with Gasteiger partial charge in [0, 0.05) is 18.4 Å². The monoisotopic (exact) mass is 257 g/mol. The third-order valence-corrected chi connectivity index (χ3v) is 4.29. The fourth-order valence-electron chi connectivity index (χ4n) is 3.51. The molecule has 0 radical (unpaired) electrons. The molecule has 2 bridgehead atoms. The number of allylic oxidation sites excluding steroid dienone is 2. The van der Waals surface area contributed by atoms with E-state index in [0.29, 0.717) is 24.3 Å². The van der Waals surface area contributed by atoms with E-state index in [2.05, 4.69) is 43.4 Å². The maximum absolute atomic E-state index is 10.7. The number of amides is 1. The van der Waals surface area contributed by atoms with Crippen molar-refractivity contribution in [2.45, 2.75) is 44.6 Å². The zero-order valence-electron chi connectivity index (χ0n) is 11.3. The lowest BCUT2D eigenvalue weighted by atomic mass is 9.85. The fraction of sp³-hybridized carbons (Fsp3) is 0.438. The van der Waals surface area contributed by atoms with Gasteiger partial charge in [0.15, 0.2) is 0 Å². The summed E-state index contributed by atoms with van der Waals surface area (Å²) in [5, 5.41) is 11.3. The van der Waals surface area contributed by atoms with E-state index in [9.17, 15) is 4.79 Å². The molecule has 19 heavy (non-hydrogen) atoms. The Hall–Kier alpha value is -1.77. The average Bonchev–Trinajstić information content (AvgIpc) is 2.96. The molecule has 0 saturated carbocycles. The molecule has 2 aliphatic rings. The number of fused-ring (bicyclic) bond motifs is 5. The second-order valence-corrected chi connectivity index (χ2v) is 5.79. The van der Waals surface area contributed by atoms with Crippen molar-refractivity contribution >= 4 is 6.09 Å². The lowest BCUT2D eigenvalue weighted by Crippen LogP contribution is -2.21. The summed E-state index contributed by atoms with van der Waals surface area (Å²) in [7, 11) is 0. The highest BCUT2D eigenvalue weighted by Gasteiger charge is 2.36. The predicted octanol–water partition coefficient (Wildman–Crippen LogP) is 3.72. The molecule has 2 aliphatic carbocycles. The predicted molar refractivity (Wildman–Crippen MR) is 74.6 cm³/mol. The molecular weight excluding hydrogens is 238 g/mol. The van der Waals surface area contributed by atoms with E-state index in [1.807, 2.05) is 0 Å². The first-order chi connectivity index (χ1) is 9.08. The summed E-state index contributed by atoms with van der Waals surface area (Å²) in [6.45, 7) is 4.86. The molecule has 3 nitrogen and oxygen atoms in total. The zero-order chi connectivity index (χ0) is 13.6. The van der Waals surface area contributed by atoms with E-state index in [1.54, 1.807) is 0 Å². The van der Waals surface area contributed by atoms with Crippen LogP contribution in [0.2, 0.25) is 0 Å². The lowest BCUT2D eigenvalue weighted by molar-refractivity contribution is 0.194. The van der Waals surface area contributed by atoms with Crippen LogP contribution in [-0.4, -0.2) is 11.2 Å². The van der Waals surface area contributed by atoms with Gasteiger partial charge in [-0.1, -0.05) is 38.1 Å². The lowest BCUT2D eigenvalue weighted by Gasteiger charge is -2.21. The fourth-order valence-corrected chi connectivity index (χ4v) is 3.51. The summed E-state index contributed by atoms with van der Waals surface area (Å²) >= 11 is 0.